The van der Waals surface area contributed by atoms with Crippen molar-refractivity contribution in [2.24, 2.45) is 0 Å². The van der Waals surface area contributed by atoms with Gasteiger partial charge in [0.1, 0.15) is 5.51 Å². The van der Waals surface area contributed by atoms with E-state index in [1.54, 1.807) is 12.6 Å². The van der Waals surface area contributed by atoms with Gasteiger partial charge < -0.3 is 10.1 Å². The van der Waals surface area contributed by atoms with E-state index >= 15 is 0 Å². The molecule has 0 spiro atoms. The fourth-order valence-electron chi connectivity index (χ4n) is 1.51. The van der Waals surface area contributed by atoms with Crippen molar-refractivity contribution in [2.75, 3.05) is 19.0 Å². The highest BCUT2D eigenvalue weighted by atomic mass is 32.1. The van der Waals surface area contributed by atoms with E-state index in [2.05, 4.69) is 15.5 Å². The molecule has 1 aromatic heterocycles. The van der Waals surface area contributed by atoms with E-state index < -0.39 is 0 Å². The minimum absolute atomic E-state index is 0.0612. The zero-order valence-electron chi connectivity index (χ0n) is 7.62. The number of aromatic nitrogens is 2. The average Bonchev–Trinajstić information content (AvgIpc) is 2.56. The van der Waals surface area contributed by atoms with E-state index in [1.807, 2.05) is 0 Å². The van der Waals surface area contributed by atoms with E-state index in [1.165, 1.54) is 17.8 Å². The van der Waals surface area contributed by atoms with E-state index in [9.17, 15) is 0 Å². The molecule has 1 aromatic rings. The molecule has 1 N–H and O–H groups in total. The van der Waals surface area contributed by atoms with Crippen LogP contribution in [0.3, 0.4) is 0 Å². The lowest BCUT2D eigenvalue weighted by Crippen LogP contribution is -2.45. The van der Waals surface area contributed by atoms with Crippen LogP contribution in [-0.2, 0) is 4.74 Å². The molecule has 13 heavy (non-hydrogen) atoms. The molecule has 0 amide bonds. The predicted molar refractivity (Wildman–Crippen MR) is 52.0 cm³/mol. The van der Waals surface area contributed by atoms with Crippen LogP contribution < -0.4 is 5.32 Å². The van der Waals surface area contributed by atoms with Crippen LogP contribution >= 0.6 is 11.3 Å². The first kappa shape index (κ1) is 8.90. The van der Waals surface area contributed by atoms with Gasteiger partial charge in [-0.3, -0.25) is 0 Å². The molecule has 2 rings (SSSR count). The minimum Gasteiger partial charge on any atom is -0.376 e. The molecule has 1 saturated carbocycles. The molecule has 0 unspecified atom stereocenters. The SMILES string of the molecule is COC1(CNc2nncs2)CCC1. The Bertz CT molecular complexity index is 253. The first-order valence-electron chi connectivity index (χ1n) is 4.40. The van der Waals surface area contributed by atoms with Crippen LogP contribution in [0.4, 0.5) is 5.13 Å². The molecule has 0 saturated heterocycles. The van der Waals surface area contributed by atoms with Crippen LogP contribution in [0, 0.1) is 0 Å². The van der Waals surface area contributed by atoms with Crippen LogP contribution in [-0.4, -0.2) is 29.5 Å². The van der Waals surface area contributed by atoms with Crippen molar-refractivity contribution in [3.05, 3.63) is 5.51 Å². The van der Waals surface area contributed by atoms with Crippen molar-refractivity contribution >= 4 is 16.5 Å². The molecule has 0 aliphatic heterocycles. The largest absolute Gasteiger partial charge is 0.376 e. The van der Waals surface area contributed by atoms with Gasteiger partial charge in [0.15, 0.2) is 0 Å². The highest BCUT2D eigenvalue weighted by molar-refractivity contribution is 7.13. The Kier molecular flexibility index (Phi) is 2.46. The Morgan fingerprint density at radius 3 is 3.00 bits per heavy atom. The number of anilines is 1. The first-order chi connectivity index (χ1) is 6.35. The number of hydrogen-bond donors (Lipinski definition) is 1. The maximum atomic E-state index is 5.47. The fraction of sp³-hybridized carbons (Fsp3) is 0.750. The second-order valence-corrected chi connectivity index (χ2v) is 4.17. The molecule has 0 aromatic carbocycles. The molecule has 4 nitrogen and oxygen atoms in total. The van der Waals surface area contributed by atoms with Crippen molar-refractivity contribution in [3.8, 4) is 0 Å². The molecule has 0 radical (unpaired) electrons. The molecule has 1 fully saturated rings. The van der Waals surface area contributed by atoms with Gasteiger partial charge in [-0.05, 0) is 19.3 Å². The zero-order chi connectivity index (χ0) is 9.15. The second-order valence-electron chi connectivity index (χ2n) is 3.34. The lowest BCUT2D eigenvalue weighted by molar-refractivity contribution is -0.0601. The number of methoxy groups -OCH3 is 1. The van der Waals surface area contributed by atoms with E-state index in [0.29, 0.717) is 0 Å². The van der Waals surface area contributed by atoms with Gasteiger partial charge in [-0.1, -0.05) is 11.3 Å². The van der Waals surface area contributed by atoms with Gasteiger partial charge in [-0.15, -0.1) is 10.2 Å². The standard InChI is InChI=1S/C8H13N3OS/c1-12-8(3-2-4-8)5-9-7-11-10-6-13-7/h6H,2-5H2,1H3,(H,9,11). The predicted octanol–water partition coefficient (Wildman–Crippen LogP) is 1.52. The Labute approximate surface area is 81.3 Å². The Hall–Kier alpha value is -0.680. The number of hydrogen-bond acceptors (Lipinski definition) is 5. The minimum atomic E-state index is 0.0612. The lowest BCUT2D eigenvalue weighted by Gasteiger charge is -2.40. The lowest BCUT2D eigenvalue weighted by atomic mass is 9.80. The maximum Gasteiger partial charge on any atom is 0.205 e. The zero-order valence-corrected chi connectivity index (χ0v) is 8.43. The van der Waals surface area contributed by atoms with Crippen LogP contribution in [0.1, 0.15) is 19.3 Å². The van der Waals surface area contributed by atoms with Crippen molar-refractivity contribution in [1.82, 2.24) is 10.2 Å². The summed E-state index contributed by atoms with van der Waals surface area (Å²) < 4.78 is 5.47. The maximum absolute atomic E-state index is 5.47. The number of nitrogens with one attached hydrogen (secondary N) is 1. The summed E-state index contributed by atoms with van der Waals surface area (Å²) >= 11 is 1.52. The summed E-state index contributed by atoms with van der Waals surface area (Å²) in [6, 6.07) is 0. The summed E-state index contributed by atoms with van der Waals surface area (Å²) in [5.41, 5.74) is 1.79. The summed E-state index contributed by atoms with van der Waals surface area (Å²) in [5, 5.41) is 11.8. The van der Waals surface area contributed by atoms with Crippen molar-refractivity contribution in [2.45, 2.75) is 24.9 Å². The summed E-state index contributed by atoms with van der Waals surface area (Å²) in [6.45, 7) is 0.846. The van der Waals surface area contributed by atoms with Crippen molar-refractivity contribution in [1.29, 1.82) is 0 Å². The Morgan fingerprint density at radius 2 is 2.54 bits per heavy atom. The monoisotopic (exact) mass is 199 g/mol. The molecule has 1 aliphatic carbocycles. The normalized spacial score (nSPS) is 19.5. The third kappa shape index (κ3) is 1.81. The summed E-state index contributed by atoms with van der Waals surface area (Å²) in [5.74, 6) is 0. The van der Waals surface area contributed by atoms with Crippen molar-refractivity contribution < 1.29 is 4.74 Å². The van der Waals surface area contributed by atoms with Gasteiger partial charge in [0, 0.05) is 13.7 Å². The molecule has 0 atom stereocenters. The number of rotatable bonds is 4. The Morgan fingerprint density at radius 1 is 1.69 bits per heavy atom. The van der Waals surface area contributed by atoms with Gasteiger partial charge in [0.05, 0.1) is 5.60 Å². The molecule has 5 heteroatoms. The summed E-state index contributed by atoms with van der Waals surface area (Å²) in [4.78, 5) is 0. The molecule has 1 heterocycles. The van der Waals surface area contributed by atoms with Crippen LogP contribution in [0.5, 0.6) is 0 Å². The van der Waals surface area contributed by atoms with Gasteiger partial charge in [-0.2, -0.15) is 0 Å². The number of ether oxygens (including phenoxy) is 1. The third-order valence-corrected chi connectivity index (χ3v) is 3.27. The second kappa shape index (κ2) is 3.59. The van der Waals surface area contributed by atoms with Gasteiger partial charge in [-0.25, -0.2) is 0 Å². The van der Waals surface area contributed by atoms with Crippen LogP contribution in [0.2, 0.25) is 0 Å². The molecular weight excluding hydrogens is 186 g/mol. The summed E-state index contributed by atoms with van der Waals surface area (Å²) in [7, 11) is 1.78. The molecule has 1 aliphatic rings. The highest BCUT2D eigenvalue weighted by Crippen LogP contribution is 2.35. The molecule has 72 valence electrons. The van der Waals surface area contributed by atoms with E-state index in [-0.39, 0.29) is 5.60 Å². The van der Waals surface area contributed by atoms with Crippen molar-refractivity contribution in [3.63, 3.8) is 0 Å². The Balaban J connectivity index is 1.84. The highest BCUT2D eigenvalue weighted by Gasteiger charge is 2.36. The van der Waals surface area contributed by atoms with E-state index in [4.69, 9.17) is 4.74 Å². The number of nitrogens with zero attached hydrogens (tertiary/aromatic N) is 2. The smallest absolute Gasteiger partial charge is 0.205 e. The topological polar surface area (TPSA) is 47.0 Å². The quantitative estimate of drug-likeness (QED) is 0.798. The third-order valence-electron chi connectivity index (χ3n) is 2.62. The first-order valence-corrected chi connectivity index (χ1v) is 5.28. The summed E-state index contributed by atoms with van der Waals surface area (Å²) in [6.07, 6.45) is 3.57. The van der Waals surface area contributed by atoms with Gasteiger partial charge in [0.2, 0.25) is 5.13 Å². The molecule has 0 bridgehead atoms. The van der Waals surface area contributed by atoms with E-state index in [0.717, 1.165) is 24.5 Å². The fourth-order valence-corrected chi connectivity index (χ4v) is 1.95. The van der Waals surface area contributed by atoms with Gasteiger partial charge in [0.25, 0.3) is 0 Å². The van der Waals surface area contributed by atoms with Crippen LogP contribution in [0.15, 0.2) is 5.51 Å². The average molecular weight is 199 g/mol. The van der Waals surface area contributed by atoms with Gasteiger partial charge >= 0.3 is 0 Å². The van der Waals surface area contributed by atoms with Crippen LogP contribution in [0.25, 0.3) is 0 Å². The molecular formula is C8H13N3OS.